The molecular formula is C13H14ClF3N2O2. The van der Waals surface area contributed by atoms with Gasteiger partial charge in [-0.15, -0.1) is 0 Å². The molecular weight excluding hydrogens is 309 g/mol. The lowest BCUT2D eigenvalue weighted by Crippen LogP contribution is -2.41. The van der Waals surface area contributed by atoms with Crippen molar-refractivity contribution in [1.82, 2.24) is 0 Å². The summed E-state index contributed by atoms with van der Waals surface area (Å²) in [6.07, 6.45) is -4.93. The summed E-state index contributed by atoms with van der Waals surface area (Å²) in [5.41, 5.74) is 0.662. The molecule has 8 heteroatoms. The summed E-state index contributed by atoms with van der Waals surface area (Å²) in [5.74, 6) is -1.93. The van der Waals surface area contributed by atoms with Crippen LogP contribution in [0.3, 0.4) is 0 Å². The fraction of sp³-hybridized carbons (Fsp3) is 0.462. The van der Waals surface area contributed by atoms with Crippen LogP contribution in [0.25, 0.3) is 0 Å². The zero-order valence-corrected chi connectivity index (χ0v) is 12.0. The Balaban J connectivity index is 2.37. The van der Waals surface area contributed by atoms with Gasteiger partial charge >= 0.3 is 12.1 Å². The minimum atomic E-state index is -4.93. The van der Waals surface area contributed by atoms with E-state index in [9.17, 15) is 18.0 Å². The van der Waals surface area contributed by atoms with Gasteiger partial charge in [0.1, 0.15) is 0 Å². The molecule has 0 bridgehead atoms. The smallest absolute Gasteiger partial charge is 0.378 e. The molecule has 116 valence electrons. The Hall–Kier alpha value is -1.47. The second-order valence-electron chi connectivity index (χ2n) is 4.59. The molecule has 1 aromatic carbocycles. The molecule has 2 rings (SSSR count). The number of carbonyl (C=O) groups excluding carboxylic acids is 1. The zero-order chi connectivity index (χ0) is 15.6. The number of hydrogen-bond acceptors (Lipinski definition) is 3. The second-order valence-corrected chi connectivity index (χ2v) is 5.03. The number of nitrogens with zero attached hydrogens (tertiary/aromatic N) is 2. The van der Waals surface area contributed by atoms with Crippen LogP contribution in [0.4, 0.5) is 24.5 Å². The first-order valence-corrected chi connectivity index (χ1v) is 6.65. The highest BCUT2D eigenvalue weighted by Gasteiger charge is 2.42. The highest BCUT2D eigenvalue weighted by molar-refractivity contribution is 6.31. The van der Waals surface area contributed by atoms with Crippen molar-refractivity contribution >= 4 is 28.9 Å². The normalized spacial score (nSPS) is 16.0. The molecule has 0 radical (unpaired) electrons. The maximum atomic E-state index is 12.6. The highest BCUT2D eigenvalue weighted by Crippen LogP contribution is 2.34. The van der Waals surface area contributed by atoms with Crippen LogP contribution >= 0.6 is 11.6 Å². The van der Waals surface area contributed by atoms with Crippen LogP contribution < -0.4 is 9.80 Å². The molecule has 0 spiro atoms. The number of alkyl halides is 3. The molecule has 1 aliphatic rings. The van der Waals surface area contributed by atoms with E-state index in [1.165, 1.54) is 6.07 Å². The van der Waals surface area contributed by atoms with Crippen LogP contribution in [0.2, 0.25) is 5.02 Å². The third-order valence-electron chi connectivity index (χ3n) is 3.20. The van der Waals surface area contributed by atoms with Crippen molar-refractivity contribution in [1.29, 1.82) is 0 Å². The molecule has 1 aromatic rings. The number of morpholine rings is 1. The molecule has 21 heavy (non-hydrogen) atoms. The number of ether oxygens (including phenoxy) is 1. The van der Waals surface area contributed by atoms with Crippen molar-refractivity contribution in [3.05, 3.63) is 23.2 Å². The lowest BCUT2D eigenvalue weighted by atomic mass is 10.2. The van der Waals surface area contributed by atoms with Crippen LogP contribution in [0, 0.1) is 0 Å². The average molecular weight is 323 g/mol. The standard InChI is InChI=1S/C13H14ClF3N2O2/c1-18(12(20)13(15,16)17)11-8-9(14)2-3-10(11)19-4-6-21-7-5-19/h2-3,8H,4-7H2,1H3. The lowest BCUT2D eigenvalue weighted by Gasteiger charge is -2.32. The molecule has 1 aliphatic heterocycles. The van der Waals surface area contributed by atoms with Crippen LogP contribution in [-0.2, 0) is 9.53 Å². The summed E-state index contributed by atoms with van der Waals surface area (Å²) in [6, 6.07) is 4.56. The topological polar surface area (TPSA) is 32.8 Å². The van der Waals surface area contributed by atoms with E-state index in [2.05, 4.69) is 0 Å². The van der Waals surface area contributed by atoms with Crippen LogP contribution in [0.15, 0.2) is 18.2 Å². The lowest BCUT2D eigenvalue weighted by molar-refractivity contribution is -0.170. The fourth-order valence-electron chi connectivity index (χ4n) is 2.14. The molecule has 0 unspecified atom stereocenters. The van der Waals surface area contributed by atoms with E-state index in [4.69, 9.17) is 16.3 Å². The minimum Gasteiger partial charge on any atom is -0.378 e. The highest BCUT2D eigenvalue weighted by atomic mass is 35.5. The molecule has 1 fully saturated rings. The molecule has 0 aromatic heterocycles. The van der Waals surface area contributed by atoms with Gasteiger partial charge in [0.2, 0.25) is 0 Å². The fourth-order valence-corrected chi connectivity index (χ4v) is 2.30. The van der Waals surface area contributed by atoms with E-state index in [0.717, 1.165) is 7.05 Å². The quantitative estimate of drug-likeness (QED) is 0.839. The summed E-state index contributed by atoms with van der Waals surface area (Å²) < 4.78 is 43.0. The summed E-state index contributed by atoms with van der Waals surface area (Å²) in [7, 11) is 1.09. The van der Waals surface area contributed by atoms with Crippen molar-refractivity contribution in [3.63, 3.8) is 0 Å². The molecule has 0 atom stereocenters. The van der Waals surface area contributed by atoms with Crippen molar-refractivity contribution in [2.24, 2.45) is 0 Å². The summed E-state index contributed by atoms with van der Waals surface area (Å²) in [4.78, 5) is 13.9. The van der Waals surface area contributed by atoms with E-state index < -0.39 is 12.1 Å². The number of carbonyl (C=O) groups is 1. The number of amides is 1. The monoisotopic (exact) mass is 322 g/mol. The summed E-state index contributed by atoms with van der Waals surface area (Å²) in [5, 5.41) is 0.267. The summed E-state index contributed by atoms with van der Waals surface area (Å²) in [6.45, 7) is 2.06. The van der Waals surface area contributed by atoms with Gasteiger partial charge in [-0.3, -0.25) is 4.79 Å². The summed E-state index contributed by atoms with van der Waals surface area (Å²) >= 11 is 5.86. The average Bonchev–Trinajstić information content (AvgIpc) is 2.45. The molecule has 1 heterocycles. The van der Waals surface area contributed by atoms with Crippen molar-refractivity contribution in [2.75, 3.05) is 43.2 Å². The number of halogens is 4. The van der Waals surface area contributed by atoms with E-state index in [0.29, 0.717) is 36.9 Å². The Morgan fingerprint density at radius 3 is 2.52 bits per heavy atom. The van der Waals surface area contributed by atoms with Crippen LogP contribution in [-0.4, -0.2) is 45.4 Å². The first kappa shape index (κ1) is 15.9. The Morgan fingerprint density at radius 2 is 1.95 bits per heavy atom. The molecule has 0 aliphatic carbocycles. The molecule has 1 amide bonds. The van der Waals surface area contributed by atoms with Gasteiger partial charge in [-0.2, -0.15) is 13.2 Å². The predicted molar refractivity (Wildman–Crippen MR) is 73.9 cm³/mol. The van der Waals surface area contributed by atoms with E-state index >= 15 is 0 Å². The van der Waals surface area contributed by atoms with Gasteiger partial charge in [0.05, 0.1) is 24.6 Å². The minimum absolute atomic E-state index is 0.131. The van der Waals surface area contributed by atoms with E-state index in [1.807, 2.05) is 4.90 Å². The number of anilines is 2. The first-order chi connectivity index (χ1) is 9.80. The van der Waals surface area contributed by atoms with Gasteiger partial charge in [0.25, 0.3) is 0 Å². The van der Waals surface area contributed by atoms with Gasteiger partial charge in [-0.05, 0) is 18.2 Å². The Bertz CT molecular complexity index is 531. The molecule has 0 N–H and O–H groups in total. The maximum Gasteiger partial charge on any atom is 0.471 e. The van der Waals surface area contributed by atoms with Crippen molar-refractivity contribution in [2.45, 2.75) is 6.18 Å². The molecule has 4 nitrogen and oxygen atoms in total. The third-order valence-corrected chi connectivity index (χ3v) is 3.43. The van der Waals surface area contributed by atoms with Gasteiger partial charge in [-0.25, -0.2) is 0 Å². The van der Waals surface area contributed by atoms with Crippen molar-refractivity contribution < 1.29 is 22.7 Å². The van der Waals surface area contributed by atoms with Gasteiger partial charge in [0.15, 0.2) is 0 Å². The second kappa shape index (κ2) is 6.11. The zero-order valence-electron chi connectivity index (χ0n) is 11.3. The van der Waals surface area contributed by atoms with Gasteiger partial charge in [-0.1, -0.05) is 11.6 Å². The van der Waals surface area contributed by atoms with Crippen molar-refractivity contribution in [3.8, 4) is 0 Å². The van der Waals surface area contributed by atoms with Gasteiger partial charge in [0, 0.05) is 25.2 Å². The number of rotatable bonds is 2. The van der Waals surface area contributed by atoms with E-state index in [-0.39, 0.29) is 10.7 Å². The predicted octanol–water partition coefficient (Wildman–Crippen LogP) is 2.70. The maximum absolute atomic E-state index is 12.6. The van der Waals surface area contributed by atoms with Crippen LogP contribution in [0.5, 0.6) is 0 Å². The van der Waals surface area contributed by atoms with E-state index in [1.54, 1.807) is 12.1 Å². The Morgan fingerprint density at radius 1 is 1.33 bits per heavy atom. The van der Waals surface area contributed by atoms with Gasteiger partial charge < -0.3 is 14.5 Å². The largest absolute Gasteiger partial charge is 0.471 e. The Kier molecular flexibility index (Phi) is 4.63. The third kappa shape index (κ3) is 3.59. The Labute approximate surface area is 125 Å². The first-order valence-electron chi connectivity index (χ1n) is 6.28. The number of benzene rings is 1. The molecule has 1 saturated heterocycles. The van der Waals surface area contributed by atoms with Crippen LogP contribution in [0.1, 0.15) is 0 Å². The SMILES string of the molecule is CN(C(=O)C(F)(F)F)c1cc(Cl)ccc1N1CCOCC1. The number of hydrogen-bond donors (Lipinski definition) is 0. The molecule has 0 saturated carbocycles.